The first-order chi connectivity index (χ1) is 9.54. The van der Waals surface area contributed by atoms with Crippen molar-refractivity contribution in [2.45, 2.75) is 26.2 Å². The minimum absolute atomic E-state index is 0.101. The van der Waals surface area contributed by atoms with Crippen molar-refractivity contribution >= 4 is 17.7 Å². The van der Waals surface area contributed by atoms with E-state index in [0.29, 0.717) is 17.9 Å². The number of unbranched alkanes of at least 4 members (excludes halogenated alkanes) is 2. The van der Waals surface area contributed by atoms with Crippen molar-refractivity contribution in [1.82, 2.24) is 0 Å². The number of carbonyl (C=O) groups is 1. The summed E-state index contributed by atoms with van der Waals surface area (Å²) in [6.07, 6.45) is 5.21. The molecule has 1 N–H and O–H groups in total. The number of carboxylic acid groups (broad SMARTS) is 1. The molecule has 0 fully saturated rings. The summed E-state index contributed by atoms with van der Waals surface area (Å²) >= 11 is 0. The number of ether oxygens (including phenoxy) is 1. The van der Waals surface area contributed by atoms with E-state index in [4.69, 9.17) is 9.84 Å². The molecule has 0 saturated heterocycles. The fraction of sp³-hybridized carbons (Fsp3) is 0.357. The number of benzene rings is 1. The van der Waals surface area contributed by atoms with E-state index in [1.165, 1.54) is 24.3 Å². The molecule has 0 atom stereocenters. The van der Waals surface area contributed by atoms with Crippen LogP contribution in [0.1, 0.15) is 31.7 Å². The van der Waals surface area contributed by atoms with Crippen LogP contribution < -0.4 is 4.74 Å². The lowest BCUT2D eigenvalue weighted by molar-refractivity contribution is -0.384. The molecule has 0 unspecified atom stereocenters. The number of nitro benzene ring substituents is 1. The minimum atomic E-state index is -1.12. The first-order valence-corrected chi connectivity index (χ1v) is 6.37. The highest BCUT2D eigenvalue weighted by Crippen LogP contribution is 2.25. The molecule has 0 spiro atoms. The molecule has 6 nitrogen and oxygen atoms in total. The van der Waals surface area contributed by atoms with Crippen LogP contribution in [0.5, 0.6) is 5.75 Å². The van der Waals surface area contributed by atoms with Crippen LogP contribution >= 0.6 is 0 Å². The molecule has 0 aliphatic rings. The maximum absolute atomic E-state index is 10.7. The smallest absolute Gasteiger partial charge is 0.328 e. The molecule has 20 heavy (non-hydrogen) atoms. The van der Waals surface area contributed by atoms with Gasteiger partial charge in [0.2, 0.25) is 0 Å². The van der Waals surface area contributed by atoms with Gasteiger partial charge in [-0.3, -0.25) is 10.1 Å². The molecule has 6 heteroatoms. The molecule has 1 rings (SSSR count). The topological polar surface area (TPSA) is 89.7 Å². The molecule has 0 saturated carbocycles. The van der Waals surface area contributed by atoms with Gasteiger partial charge < -0.3 is 9.84 Å². The molecule has 0 radical (unpaired) electrons. The normalized spacial score (nSPS) is 10.7. The van der Waals surface area contributed by atoms with Crippen molar-refractivity contribution < 1.29 is 19.6 Å². The first kappa shape index (κ1) is 15.7. The van der Waals surface area contributed by atoms with Crippen molar-refractivity contribution in [2.24, 2.45) is 0 Å². The lowest BCUT2D eigenvalue weighted by atomic mass is 10.1. The van der Waals surface area contributed by atoms with Gasteiger partial charge in [0.15, 0.2) is 0 Å². The monoisotopic (exact) mass is 279 g/mol. The second-order valence-corrected chi connectivity index (χ2v) is 4.21. The number of non-ortho nitro benzene ring substituents is 1. The number of nitrogens with zero attached hydrogens (tertiary/aromatic N) is 1. The van der Waals surface area contributed by atoms with Crippen LogP contribution in [0.15, 0.2) is 24.3 Å². The van der Waals surface area contributed by atoms with Gasteiger partial charge in [0, 0.05) is 23.8 Å². The van der Waals surface area contributed by atoms with E-state index in [-0.39, 0.29) is 5.69 Å². The maximum Gasteiger partial charge on any atom is 0.328 e. The number of hydrogen-bond donors (Lipinski definition) is 1. The van der Waals surface area contributed by atoms with E-state index in [9.17, 15) is 14.9 Å². The van der Waals surface area contributed by atoms with Gasteiger partial charge in [-0.1, -0.05) is 19.8 Å². The van der Waals surface area contributed by atoms with E-state index in [1.807, 2.05) is 0 Å². The van der Waals surface area contributed by atoms with Crippen molar-refractivity contribution in [3.63, 3.8) is 0 Å². The van der Waals surface area contributed by atoms with Crippen molar-refractivity contribution in [2.75, 3.05) is 6.61 Å². The third kappa shape index (κ3) is 5.09. The molecule has 0 aromatic heterocycles. The van der Waals surface area contributed by atoms with Gasteiger partial charge in [0.05, 0.1) is 11.5 Å². The number of rotatable bonds is 8. The van der Waals surface area contributed by atoms with Gasteiger partial charge in [-0.2, -0.15) is 0 Å². The Morgan fingerprint density at radius 2 is 2.20 bits per heavy atom. The molecule has 0 bridgehead atoms. The van der Waals surface area contributed by atoms with E-state index in [1.54, 1.807) is 0 Å². The highest BCUT2D eigenvalue weighted by atomic mass is 16.6. The molecule has 0 heterocycles. The first-order valence-electron chi connectivity index (χ1n) is 6.37. The molecular weight excluding hydrogens is 262 g/mol. The fourth-order valence-electron chi connectivity index (χ4n) is 1.61. The predicted octanol–water partition coefficient (Wildman–Crippen LogP) is 3.26. The van der Waals surface area contributed by atoms with Crippen LogP contribution in [0.2, 0.25) is 0 Å². The number of hydrogen-bond acceptors (Lipinski definition) is 4. The summed E-state index contributed by atoms with van der Waals surface area (Å²) in [5.74, 6) is -0.669. The van der Waals surface area contributed by atoms with Gasteiger partial charge in [0.25, 0.3) is 5.69 Å². The van der Waals surface area contributed by atoms with Crippen molar-refractivity contribution in [3.8, 4) is 5.75 Å². The second kappa shape index (κ2) is 7.93. The highest BCUT2D eigenvalue weighted by molar-refractivity contribution is 5.86. The van der Waals surface area contributed by atoms with Crippen molar-refractivity contribution in [1.29, 1.82) is 0 Å². The Bertz CT molecular complexity index is 510. The predicted molar refractivity (Wildman–Crippen MR) is 74.8 cm³/mol. The largest absolute Gasteiger partial charge is 0.493 e. The Hall–Kier alpha value is -2.37. The molecule has 0 aliphatic carbocycles. The lowest BCUT2D eigenvalue weighted by Gasteiger charge is -2.08. The Labute approximate surface area is 116 Å². The Morgan fingerprint density at radius 1 is 1.45 bits per heavy atom. The number of aliphatic carboxylic acids is 1. The summed E-state index contributed by atoms with van der Waals surface area (Å²) < 4.78 is 5.54. The summed E-state index contributed by atoms with van der Waals surface area (Å²) in [5.41, 5.74) is 0.286. The molecule has 1 aromatic rings. The summed E-state index contributed by atoms with van der Waals surface area (Å²) in [6, 6.07) is 4.13. The van der Waals surface area contributed by atoms with Gasteiger partial charge in [-0.15, -0.1) is 0 Å². The second-order valence-electron chi connectivity index (χ2n) is 4.21. The highest BCUT2D eigenvalue weighted by Gasteiger charge is 2.10. The maximum atomic E-state index is 10.7. The Kier molecular flexibility index (Phi) is 6.22. The summed E-state index contributed by atoms with van der Waals surface area (Å²) in [4.78, 5) is 20.7. The lowest BCUT2D eigenvalue weighted by Crippen LogP contribution is -1.99. The third-order valence-electron chi connectivity index (χ3n) is 2.62. The third-order valence-corrected chi connectivity index (χ3v) is 2.62. The zero-order chi connectivity index (χ0) is 15.0. The summed E-state index contributed by atoms with van der Waals surface area (Å²) in [6.45, 7) is 2.58. The van der Waals surface area contributed by atoms with Gasteiger partial charge in [0.1, 0.15) is 5.75 Å². The van der Waals surface area contributed by atoms with Crippen LogP contribution in [-0.4, -0.2) is 22.6 Å². The van der Waals surface area contributed by atoms with Crippen LogP contribution in [0.3, 0.4) is 0 Å². The average Bonchev–Trinajstić information content (AvgIpc) is 2.41. The molecule has 108 valence electrons. The van der Waals surface area contributed by atoms with Gasteiger partial charge in [-0.05, 0) is 18.6 Å². The average molecular weight is 279 g/mol. The van der Waals surface area contributed by atoms with Crippen LogP contribution in [-0.2, 0) is 4.79 Å². The molecule has 0 aliphatic heterocycles. The van der Waals surface area contributed by atoms with E-state index in [0.717, 1.165) is 25.3 Å². The SMILES string of the molecule is CCCCCOc1ccc([N+](=O)[O-])cc1/C=C/C(=O)O. The number of nitro groups is 1. The van der Waals surface area contributed by atoms with Crippen LogP contribution in [0, 0.1) is 10.1 Å². The van der Waals surface area contributed by atoms with Crippen LogP contribution in [0.4, 0.5) is 5.69 Å². The summed E-state index contributed by atoms with van der Waals surface area (Å²) in [7, 11) is 0. The van der Waals surface area contributed by atoms with E-state index < -0.39 is 10.9 Å². The van der Waals surface area contributed by atoms with Crippen LogP contribution in [0.25, 0.3) is 6.08 Å². The van der Waals surface area contributed by atoms with Gasteiger partial charge in [-0.25, -0.2) is 4.79 Å². The van der Waals surface area contributed by atoms with E-state index >= 15 is 0 Å². The minimum Gasteiger partial charge on any atom is -0.493 e. The zero-order valence-corrected chi connectivity index (χ0v) is 11.2. The number of carboxylic acids is 1. The van der Waals surface area contributed by atoms with Gasteiger partial charge >= 0.3 is 5.97 Å². The fourth-order valence-corrected chi connectivity index (χ4v) is 1.61. The van der Waals surface area contributed by atoms with E-state index in [2.05, 4.69) is 6.92 Å². The summed E-state index contributed by atoms with van der Waals surface area (Å²) in [5, 5.41) is 19.4. The molecule has 1 aromatic carbocycles. The van der Waals surface area contributed by atoms with Crippen molar-refractivity contribution in [3.05, 3.63) is 40.0 Å². The standard InChI is InChI=1S/C14H17NO5/c1-2-3-4-9-20-13-7-6-12(15(18)19)10-11(13)5-8-14(16)17/h5-8,10H,2-4,9H2,1H3,(H,16,17)/b8-5+. The Balaban J connectivity index is 2.90. The Morgan fingerprint density at radius 3 is 2.80 bits per heavy atom. The zero-order valence-electron chi connectivity index (χ0n) is 11.2. The molecule has 0 amide bonds. The quantitative estimate of drug-likeness (QED) is 0.341. The molecular formula is C14H17NO5.